The minimum atomic E-state index is -0.956. The third-order valence-electron chi connectivity index (χ3n) is 5.39. The van der Waals surface area contributed by atoms with Crippen molar-refractivity contribution >= 4 is 23.5 Å². The molecule has 0 aromatic heterocycles. The normalized spacial score (nSPS) is 25.3. The van der Waals surface area contributed by atoms with Crippen molar-refractivity contribution in [3.05, 3.63) is 30.3 Å². The van der Waals surface area contributed by atoms with Gasteiger partial charge in [0, 0.05) is 12.1 Å². The highest BCUT2D eigenvalue weighted by Gasteiger charge is 2.46. The van der Waals surface area contributed by atoms with Gasteiger partial charge in [0.1, 0.15) is 5.75 Å². The maximum absolute atomic E-state index is 11.2. The lowest BCUT2D eigenvalue weighted by Gasteiger charge is -2.50. The van der Waals surface area contributed by atoms with Gasteiger partial charge < -0.3 is 20.5 Å². The molecule has 150 valence electrons. The van der Waals surface area contributed by atoms with Crippen LogP contribution in [-0.4, -0.2) is 28.5 Å². The second-order valence-electron chi connectivity index (χ2n) is 8.74. The second kappa shape index (κ2) is 8.91. The lowest BCUT2D eigenvalue weighted by Crippen LogP contribution is -2.55. The molecule has 27 heavy (non-hydrogen) atoms. The molecule has 0 aliphatic heterocycles. The molecule has 3 atom stereocenters. The molecule has 0 bridgehead atoms. The number of thiocarbonyl (C=S) groups is 1. The molecule has 0 heterocycles. The van der Waals surface area contributed by atoms with E-state index in [0.717, 1.165) is 32.1 Å². The molecule has 0 radical (unpaired) electrons. The molecule has 5 nitrogen and oxygen atoms in total. The number of carbonyl (C=O) groups is 1. The number of hydrogen-bond acceptors (Lipinski definition) is 3. The van der Waals surface area contributed by atoms with Crippen LogP contribution in [0.2, 0.25) is 0 Å². The zero-order chi connectivity index (χ0) is 20.1. The van der Waals surface area contributed by atoms with E-state index in [1.807, 2.05) is 30.3 Å². The molecule has 1 aliphatic carbocycles. The summed E-state index contributed by atoms with van der Waals surface area (Å²) in [7, 11) is 0. The number of nitrogens with one attached hydrogen (secondary N) is 2. The Hall–Kier alpha value is -1.82. The molecule has 6 heteroatoms. The van der Waals surface area contributed by atoms with Crippen molar-refractivity contribution in [2.75, 3.05) is 0 Å². The Bertz CT molecular complexity index is 650. The van der Waals surface area contributed by atoms with Crippen LogP contribution in [0.15, 0.2) is 30.3 Å². The van der Waals surface area contributed by atoms with E-state index >= 15 is 0 Å². The Labute approximate surface area is 167 Å². The lowest BCUT2D eigenvalue weighted by atomic mass is 9.59. The van der Waals surface area contributed by atoms with Crippen LogP contribution in [0.4, 0.5) is 4.79 Å². The Balaban J connectivity index is 2.14. The van der Waals surface area contributed by atoms with Gasteiger partial charge in [-0.15, -0.1) is 0 Å². The summed E-state index contributed by atoms with van der Waals surface area (Å²) in [5, 5.41) is 15.7. The van der Waals surface area contributed by atoms with Gasteiger partial charge in [0.15, 0.2) is 0 Å². The van der Waals surface area contributed by atoms with E-state index in [2.05, 4.69) is 38.3 Å². The summed E-state index contributed by atoms with van der Waals surface area (Å²) in [6.07, 6.45) is 3.64. The van der Waals surface area contributed by atoms with Crippen molar-refractivity contribution in [1.82, 2.24) is 10.6 Å². The first-order chi connectivity index (χ1) is 12.6. The van der Waals surface area contributed by atoms with E-state index < -0.39 is 6.09 Å². The van der Waals surface area contributed by atoms with Crippen LogP contribution in [0, 0.1) is 10.8 Å². The number of rotatable bonds is 6. The quantitative estimate of drug-likeness (QED) is 0.597. The van der Waals surface area contributed by atoms with Gasteiger partial charge in [-0.25, -0.2) is 4.79 Å². The van der Waals surface area contributed by atoms with Gasteiger partial charge in [-0.05, 0) is 60.9 Å². The molecule has 3 N–H and O–H groups in total. The topological polar surface area (TPSA) is 70.6 Å². The summed E-state index contributed by atoms with van der Waals surface area (Å²) in [6.45, 7) is 8.81. The van der Waals surface area contributed by atoms with Gasteiger partial charge in [0.05, 0.1) is 0 Å². The van der Waals surface area contributed by atoms with Gasteiger partial charge in [-0.2, -0.15) is 0 Å². The number of ether oxygens (including phenoxy) is 1. The van der Waals surface area contributed by atoms with Crippen molar-refractivity contribution < 1.29 is 14.6 Å². The van der Waals surface area contributed by atoms with Gasteiger partial charge in [-0.3, -0.25) is 0 Å². The molecule has 0 spiro atoms. The molecule has 1 aliphatic rings. The summed E-state index contributed by atoms with van der Waals surface area (Å²) in [6, 6.07) is 9.58. The van der Waals surface area contributed by atoms with Crippen LogP contribution in [0.25, 0.3) is 0 Å². The van der Waals surface area contributed by atoms with E-state index in [-0.39, 0.29) is 22.9 Å². The molecule has 1 fully saturated rings. The Morgan fingerprint density at radius 1 is 1.30 bits per heavy atom. The first-order valence-electron chi connectivity index (χ1n) is 9.66. The Kier molecular flexibility index (Phi) is 7.09. The smallest absolute Gasteiger partial charge is 0.404 e. The molecule has 3 unspecified atom stereocenters. The van der Waals surface area contributed by atoms with E-state index in [4.69, 9.17) is 17.0 Å². The predicted molar refractivity (Wildman–Crippen MR) is 112 cm³/mol. The van der Waals surface area contributed by atoms with Crippen LogP contribution in [0.5, 0.6) is 5.75 Å². The third-order valence-corrected chi connectivity index (χ3v) is 5.59. The first-order valence-corrected chi connectivity index (χ1v) is 10.1. The molecule has 0 saturated heterocycles. The Morgan fingerprint density at radius 3 is 2.56 bits per heavy atom. The standard InChI is InChI=1S/C21H32N2O3S/c1-5-9-17(23-19(27)26-16-10-7-6-8-11-16)21(4)13-15(22-18(24)25)12-20(2,3)14-21/h6-8,10-11,15,17,22H,5,9,12-14H2,1-4H3,(H,23,27)(H,24,25). The van der Waals surface area contributed by atoms with E-state index in [9.17, 15) is 9.90 Å². The SMILES string of the molecule is CCCC(NC(=S)Oc1ccccc1)C1(C)CC(NC(=O)O)CC(C)(C)C1. The molecular weight excluding hydrogens is 360 g/mol. The number of carboxylic acid groups (broad SMARTS) is 1. The van der Waals surface area contributed by atoms with Crippen LogP contribution in [0.1, 0.15) is 59.8 Å². The summed E-state index contributed by atoms with van der Waals surface area (Å²) in [5.41, 5.74) is -0.0370. The second-order valence-corrected chi connectivity index (χ2v) is 9.11. The van der Waals surface area contributed by atoms with Crippen molar-refractivity contribution in [2.24, 2.45) is 10.8 Å². The summed E-state index contributed by atoms with van der Waals surface area (Å²) >= 11 is 5.46. The summed E-state index contributed by atoms with van der Waals surface area (Å²) < 4.78 is 5.78. The highest BCUT2D eigenvalue weighted by molar-refractivity contribution is 7.80. The van der Waals surface area contributed by atoms with E-state index in [0.29, 0.717) is 10.9 Å². The van der Waals surface area contributed by atoms with E-state index in [1.54, 1.807) is 0 Å². The fraction of sp³-hybridized carbons (Fsp3) is 0.619. The maximum atomic E-state index is 11.2. The lowest BCUT2D eigenvalue weighted by molar-refractivity contribution is 0.0408. The third kappa shape index (κ3) is 6.38. The molecule has 1 aromatic carbocycles. The highest BCUT2D eigenvalue weighted by atomic mass is 32.1. The van der Waals surface area contributed by atoms with Gasteiger partial charge in [-0.1, -0.05) is 52.3 Å². The Morgan fingerprint density at radius 2 is 1.96 bits per heavy atom. The highest BCUT2D eigenvalue weighted by Crippen LogP contribution is 2.48. The number of amides is 1. The van der Waals surface area contributed by atoms with Crippen molar-refractivity contribution in [2.45, 2.75) is 71.9 Å². The van der Waals surface area contributed by atoms with Crippen molar-refractivity contribution in [3.63, 3.8) is 0 Å². The van der Waals surface area contributed by atoms with Crippen molar-refractivity contribution in [1.29, 1.82) is 0 Å². The fourth-order valence-corrected chi connectivity index (χ4v) is 4.97. The fourth-order valence-electron chi connectivity index (χ4n) is 4.73. The molecule has 1 amide bonds. The zero-order valence-electron chi connectivity index (χ0n) is 16.7. The zero-order valence-corrected chi connectivity index (χ0v) is 17.6. The average molecular weight is 393 g/mol. The predicted octanol–water partition coefficient (Wildman–Crippen LogP) is 4.96. The molecule has 2 rings (SSSR count). The van der Waals surface area contributed by atoms with Crippen LogP contribution in [-0.2, 0) is 0 Å². The monoisotopic (exact) mass is 392 g/mol. The van der Waals surface area contributed by atoms with E-state index in [1.165, 1.54) is 0 Å². The number of hydrogen-bond donors (Lipinski definition) is 3. The maximum Gasteiger partial charge on any atom is 0.404 e. The molecule has 1 aromatic rings. The molecular formula is C21H32N2O3S. The van der Waals surface area contributed by atoms with Crippen molar-refractivity contribution in [3.8, 4) is 5.75 Å². The van der Waals surface area contributed by atoms with Gasteiger partial charge >= 0.3 is 6.09 Å². The van der Waals surface area contributed by atoms with Gasteiger partial charge in [0.2, 0.25) is 0 Å². The molecule has 1 saturated carbocycles. The minimum absolute atomic E-state index is 0.0513. The van der Waals surface area contributed by atoms with Gasteiger partial charge in [0.25, 0.3) is 5.17 Å². The van der Waals surface area contributed by atoms with Crippen LogP contribution >= 0.6 is 12.2 Å². The minimum Gasteiger partial charge on any atom is -0.465 e. The number of para-hydroxylation sites is 1. The summed E-state index contributed by atoms with van der Waals surface area (Å²) in [4.78, 5) is 11.2. The largest absolute Gasteiger partial charge is 0.465 e. The number of benzene rings is 1. The van der Waals surface area contributed by atoms with Crippen LogP contribution < -0.4 is 15.4 Å². The average Bonchev–Trinajstić information content (AvgIpc) is 2.52. The first kappa shape index (κ1) is 21.5. The summed E-state index contributed by atoms with van der Waals surface area (Å²) in [5.74, 6) is 0.713. The van der Waals surface area contributed by atoms with Crippen LogP contribution in [0.3, 0.4) is 0 Å².